The minimum Gasteiger partial charge on any atom is -0.495 e. The topological polar surface area (TPSA) is 51.5 Å². The van der Waals surface area contributed by atoms with Gasteiger partial charge in [-0.15, -0.1) is 0 Å². The van der Waals surface area contributed by atoms with Crippen LogP contribution in [0.5, 0.6) is 5.75 Å². The van der Waals surface area contributed by atoms with Crippen molar-refractivity contribution in [2.45, 2.75) is 6.92 Å². The van der Waals surface area contributed by atoms with E-state index in [-0.39, 0.29) is 0 Å². The molecule has 0 saturated carbocycles. The molecule has 1 aromatic heterocycles. The molecule has 2 aromatic rings. The summed E-state index contributed by atoms with van der Waals surface area (Å²) >= 11 is 0. The maximum Gasteiger partial charge on any atom is 0.337 e. The van der Waals surface area contributed by atoms with Gasteiger partial charge in [0.2, 0.25) is 0 Å². The standard InChI is InChI=1S/C12H13NO3/c1-7-4-8-9(12(14)15)6-13(2)11(8)10(5-7)16-3/h4-6H,1-3H3,(H,14,15). The Labute approximate surface area is 93.1 Å². The first-order chi connectivity index (χ1) is 7.54. The molecular formula is C12H13NO3. The average Bonchev–Trinajstić information content (AvgIpc) is 2.55. The van der Waals surface area contributed by atoms with Gasteiger partial charge in [0.1, 0.15) is 5.75 Å². The van der Waals surface area contributed by atoms with Crippen LogP contribution in [0.4, 0.5) is 0 Å². The predicted octanol–water partition coefficient (Wildman–Crippen LogP) is 2.19. The predicted molar refractivity (Wildman–Crippen MR) is 61.2 cm³/mol. The van der Waals surface area contributed by atoms with E-state index in [4.69, 9.17) is 9.84 Å². The molecule has 2 rings (SSSR count). The smallest absolute Gasteiger partial charge is 0.337 e. The van der Waals surface area contributed by atoms with E-state index in [1.807, 2.05) is 26.1 Å². The number of hydrogen-bond acceptors (Lipinski definition) is 2. The summed E-state index contributed by atoms with van der Waals surface area (Å²) in [5.41, 5.74) is 2.10. The van der Waals surface area contributed by atoms with Crippen molar-refractivity contribution >= 4 is 16.9 Å². The van der Waals surface area contributed by atoms with Crippen LogP contribution in [0.25, 0.3) is 10.9 Å². The molecule has 1 N–H and O–H groups in total. The molecule has 16 heavy (non-hydrogen) atoms. The minimum absolute atomic E-state index is 0.305. The van der Waals surface area contributed by atoms with Gasteiger partial charge in [-0.25, -0.2) is 4.79 Å². The third-order valence-corrected chi connectivity index (χ3v) is 2.64. The zero-order valence-corrected chi connectivity index (χ0v) is 9.44. The van der Waals surface area contributed by atoms with E-state index in [0.29, 0.717) is 16.7 Å². The first kappa shape index (κ1) is 10.5. The quantitative estimate of drug-likeness (QED) is 0.842. The van der Waals surface area contributed by atoms with Gasteiger partial charge < -0.3 is 14.4 Å². The molecule has 0 spiro atoms. The van der Waals surface area contributed by atoms with Crippen molar-refractivity contribution < 1.29 is 14.6 Å². The second kappa shape index (κ2) is 3.56. The monoisotopic (exact) mass is 219 g/mol. The summed E-state index contributed by atoms with van der Waals surface area (Å²) < 4.78 is 7.04. The number of fused-ring (bicyclic) bond motifs is 1. The van der Waals surface area contributed by atoms with Gasteiger partial charge in [0.15, 0.2) is 0 Å². The van der Waals surface area contributed by atoms with Crippen LogP contribution in [0, 0.1) is 6.92 Å². The van der Waals surface area contributed by atoms with E-state index < -0.39 is 5.97 Å². The van der Waals surface area contributed by atoms with E-state index >= 15 is 0 Å². The first-order valence-corrected chi connectivity index (χ1v) is 4.91. The molecule has 0 aliphatic carbocycles. The Bertz CT molecular complexity index is 569. The SMILES string of the molecule is COc1cc(C)cc2c(C(=O)O)cn(C)c12. The van der Waals surface area contributed by atoms with Gasteiger partial charge in [0.25, 0.3) is 0 Å². The number of rotatable bonds is 2. The number of hydrogen-bond donors (Lipinski definition) is 1. The molecule has 4 nitrogen and oxygen atoms in total. The van der Waals surface area contributed by atoms with Gasteiger partial charge in [0.05, 0.1) is 18.2 Å². The summed E-state index contributed by atoms with van der Waals surface area (Å²) in [6.07, 6.45) is 1.61. The van der Waals surface area contributed by atoms with E-state index in [2.05, 4.69) is 0 Å². The fourth-order valence-electron chi connectivity index (χ4n) is 1.97. The number of benzene rings is 1. The zero-order valence-electron chi connectivity index (χ0n) is 9.44. The molecule has 0 saturated heterocycles. The Kier molecular flexibility index (Phi) is 2.34. The molecule has 0 aliphatic rings. The summed E-state index contributed by atoms with van der Waals surface area (Å²) in [6, 6.07) is 3.76. The van der Waals surface area contributed by atoms with Gasteiger partial charge in [-0.2, -0.15) is 0 Å². The lowest BCUT2D eigenvalue weighted by molar-refractivity contribution is 0.0699. The van der Waals surface area contributed by atoms with Crippen LogP contribution in [0.15, 0.2) is 18.3 Å². The van der Waals surface area contributed by atoms with Crippen LogP contribution in [0.1, 0.15) is 15.9 Å². The van der Waals surface area contributed by atoms with Crippen molar-refractivity contribution in [3.05, 3.63) is 29.5 Å². The highest BCUT2D eigenvalue weighted by molar-refractivity contribution is 6.05. The number of ether oxygens (including phenoxy) is 1. The fourth-order valence-corrected chi connectivity index (χ4v) is 1.97. The Hall–Kier alpha value is -1.97. The molecule has 1 aromatic carbocycles. The van der Waals surface area contributed by atoms with Gasteiger partial charge >= 0.3 is 5.97 Å². The Balaban J connectivity index is 2.90. The normalized spacial score (nSPS) is 10.7. The summed E-state index contributed by atoms with van der Waals surface area (Å²) in [6.45, 7) is 1.92. The molecule has 4 heteroatoms. The number of aromatic nitrogens is 1. The number of carbonyl (C=O) groups is 1. The molecule has 84 valence electrons. The lowest BCUT2D eigenvalue weighted by atomic mass is 10.1. The lowest BCUT2D eigenvalue weighted by Gasteiger charge is -2.06. The van der Waals surface area contributed by atoms with Gasteiger partial charge in [-0.3, -0.25) is 0 Å². The third-order valence-electron chi connectivity index (χ3n) is 2.64. The van der Waals surface area contributed by atoms with Gasteiger partial charge in [-0.1, -0.05) is 0 Å². The second-order valence-corrected chi connectivity index (χ2v) is 3.82. The maximum atomic E-state index is 11.1. The van der Waals surface area contributed by atoms with Crippen molar-refractivity contribution in [2.24, 2.45) is 7.05 Å². The van der Waals surface area contributed by atoms with E-state index in [1.54, 1.807) is 17.9 Å². The molecular weight excluding hydrogens is 206 g/mol. The summed E-state index contributed by atoms with van der Waals surface area (Å²) in [5, 5.41) is 9.81. The summed E-state index contributed by atoms with van der Waals surface area (Å²) in [4.78, 5) is 11.1. The lowest BCUT2D eigenvalue weighted by Crippen LogP contribution is -1.94. The highest BCUT2D eigenvalue weighted by Crippen LogP contribution is 2.30. The molecule has 0 bridgehead atoms. The van der Waals surface area contributed by atoms with Crippen LogP contribution in [-0.2, 0) is 7.05 Å². The summed E-state index contributed by atoms with van der Waals surface area (Å²) in [7, 11) is 3.40. The number of aromatic carboxylic acids is 1. The largest absolute Gasteiger partial charge is 0.495 e. The Morgan fingerprint density at radius 1 is 1.44 bits per heavy atom. The summed E-state index contributed by atoms with van der Waals surface area (Å²) in [5.74, 6) is -0.219. The number of carboxylic acids is 1. The van der Waals surface area contributed by atoms with Gasteiger partial charge in [-0.05, 0) is 24.6 Å². The maximum absolute atomic E-state index is 11.1. The zero-order chi connectivity index (χ0) is 11.9. The Morgan fingerprint density at radius 2 is 2.12 bits per heavy atom. The number of methoxy groups -OCH3 is 1. The van der Waals surface area contributed by atoms with Crippen molar-refractivity contribution in [3.8, 4) is 5.75 Å². The van der Waals surface area contributed by atoms with Gasteiger partial charge in [0, 0.05) is 18.6 Å². The van der Waals surface area contributed by atoms with Crippen LogP contribution in [-0.4, -0.2) is 22.8 Å². The molecule has 0 amide bonds. The second-order valence-electron chi connectivity index (χ2n) is 3.82. The number of nitrogens with zero attached hydrogens (tertiary/aromatic N) is 1. The van der Waals surface area contributed by atoms with Crippen LogP contribution in [0.3, 0.4) is 0 Å². The van der Waals surface area contributed by atoms with Crippen LogP contribution in [0.2, 0.25) is 0 Å². The first-order valence-electron chi connectivity index (χ1n) is 4.91. The van der Waals surface area contributed by atoms with E-state index in [0.717, 1.165) is 11.1 Å². The average molecular weight is 219 g/mol. The molecule has 0 aliphatic heterocycles. The molecule has 0 fully saturated rings. The third kappa shape index (κ3) is 1.43. The van der Waals surface area contributed by atoms with Crippen molar-refractivity contribution in [3.63, 3.8) is 0 Å². The number of aryl methyl sites for hydroxylation is 2. The minimum atomic E-state index is -0.918. The van der Waals surface area contributed by atoms with Crippen molar-refractivity contribution in [2.75, 3.05) is 7.11 Å². The molecule has 0 radical (unpaired) electrons. The fraction of sp³-hybridized carbons (Fsp3) is 0.250. The molecule has 1 heterocycles. The van der Waals surface area contributed by atoms with Crippen LogP contribution >= 0.6 is 0 Å². The van der Waals surface area contributed by atoms with Crippen molar-refractivity contribution in [1.29, 1.82) is 0 Å². The Morgan fingerprint density at radius 3 is 2.69 bits per heavy atom. The van der Waals surface area contributed by atoms with Crippen LogP contribution < -0.4 is 4.74 Å². The van der Waals surface area contributed by atoms with Crippen molar-refractivity contribution in [1.82, 2.24) is 4.57 Å². The molecule has 0 atom stereocenters. The highest BCUT2D eigenvalue weighted by atomic mass is 16.5. The molecule has 0 unspecified atom stereocenters. The highest BCUT2D eigenvalue weighted by Gasteiger charge is 2.16. The van der Waals surface area contributed by atoms with E-state index in [1.165, 1.54) is 0 Å². The van der Waals surface area contributed by atoms with E-state index in [9.17, 15) is 4.79 Å². The number of carboxylic acid groups (broad SMARTS) is 1.